The third kappa shape index (κ3) is 4.35. The molecular weight excluding hydrogens is 413 g/mol. The van der Waals surface area contributed by atoms with Gasteiger partial charge in [0.05, 0.1) is 12.2 Å². The van der Waals surface area contributed by atoms with Crippen molar-refractivity contribution >= 4 is 23.1 Å². The summed E-state index contributed by atoms with van der Waals surface area (Å²) in [6, 6.07) is 10.1. The summed E-state index contributed by atoms with van der Waals surface area (Å²) in [5.41, 5.74) is 3.27. The van der Waals surface area contributed by atoms with Crippen molar-refractivity contribution in [3.63, 3.8) is 0 Å². The number of allylic oxidation sites excluding steroid dienone is 3. The average Bonchev–Trinajstić information content (AvgIpc) is 3.26. The van der Waals surface area contributed by atoms with E-state index in [4.69, 9.17) is 4.74 Å². The normalized spacial score (nSPS) is 21.3. The molecule has 1 aliphatic carbocycles. The molecule has 2 aliphatic rings. The van der Waals surface area contributed by atoms with Gasteiger partial charge in [0.25, 0.3) is 0 Å². The Bertz CT molecular complexity index is 1050. The molecule has 0 radical (unpaired) electrons. The van der Waals surface area contributed by atoms with Crippen molar-refractivity contribution in [2.45, 2.75) is 45.4 Å². The maximum Gasteiger partial charge on any atom is 0.336 e. The maximum atomic E-state index is 13.6. The van der Waals surface area contributed by atoms with E-state index in [0.29, 0.717) is 41.9 Å². The second kappa shape index (κ2) is 8.79. The molecule has 31 heavy (non-hydrogen) atoms. The highest BCUT2D eigenvalue weighted by molar-refractivity contribution is 7.10. The Kier molecular flexibility index (Phi) is 6.10. The van der Waals surface area contributed by atoms with Crippen LogP contribution in [0.5, 0.6) is 0 Å². The number of ketones is 1. The predicted octanol–water partition coefficient (Wildman–Crippen LogP) is 5.45. The van der Waals surface area contributed by atoms with Gasteiger partial charge < -0.3 is 10.1 Å². The number of carbonyl (C=O) groups is 2. The number of hydrogen-bond acceptors (Lipinski definition) is 5. The Balaban J connectivity index is 1.76. The molecule has 0 unspecified atom stereocenters. The Hall–Kier alpha value is -2.73. The quantitative estimate of drug-likeness (QED) is 0.630. The first-order valence-corrected chi connectivity index (χ1v) is 11.4. The van der Waals surface area contributed by atoms with Crippen LogP contribution < -0.4 is 5.32 Å². The summed E-state index contributed by atoms with van der Waals surface area (Å²) in [6.45, 7) is 6.08. The first kappa shape index (κ1) is 21.5. The van der Waals surface area contributed by atoms with Gasteiger partial charge in [-0.25, -0.2) is 9.18 Å². The zero-order valence-corrected chi connectivity index (χ0v) is 18.7. The molecule has 1 aliphatic heterocycles. The fourth-order valence-electron chi connectivity index (χ4n) is 4.34. The average molecular weight is 440 g/mol. The zero-order valence-electron chi connectivity index (χ0n) is 17.9. The van der Waals surface area contributed by atoms with Crippen LogP contribution in [-0.4, -0.2) is 18.4 Å². The summed E-state index contributed by atoms with van der Waals surface area (Å²) in [5, 5.41) is 5.36. The van der Waals surface area contributed by atoms with Gasteiger partial charge in [0.2, 0.25) is 0 Å². The number of benzene rings is 1. The zero-order chi connectivity index (χ0) is 22.1. The molecule has 1 aromatic carbocycles. The van der Waals surface area contributed by atoms with E-state index < -0.39 is 11.9 Å². The summed E-state index contributed by atoms with van der Waals surface area (Å²) in [7, 11) is 0. The van der Waals surface area contributed by atoms with Crippen molar-refractivity contribution in [1.29, 1.82) is 0 Å². The number of hydrogen-bond donors (Lipinski definition) is 1. The molecule has 2 atom stereocenters. The fourth-order valence-corrected chi connectivity index (χ4v) is 5.17. The molecule has 6 heteroatoms. The van der Waals surface area contributed by atoms with Gasteiger partial charge in [-0.1, -0.05) is 32.0 Å². The smallest absolute Gasteiger partial charge is 0.336 e. The molecule has 0 saturated heterocycles. The molecule has 0 spiro atoms. The molecule has 0 fully saturated rings. The number of thiophene rings is 1. The van der Waals surface area contributed by atoms with Crippen LogP contribution >= 0.6 is 11.3 Å². The minimum Gasteiger partial charge on any atom is -0.462 e. The van der Waals surface area contributed by atoms with Gasteiger partial charge in [0, 0.05) is 40.1 Å². The van der Waals surface area contributed by atoms with Crippen molar-refractivity contribution in [3.05, 3.63) is 80.6 Å². The van der Waals surface area contributed by atoms with Crippen LogP contribution in [0.1, 0.15) is 55.9 Å². The summed E-state index contributed by atoms with van der Waals surface area (Å²) < 4.78 is 19.2. The molecule has 1 aromatic heterocycles. The number of dihydropyridines is 1. The molecule has 162 valence electrons. The van der Waals surface area contributed by atoms with Crippen molar-refractivity contribution < 1.29 is 18.7 Å². The van der Waals surface area contributed by atoms with Crippen molar-refractivity contribution in [3.8, 4) is 0 Å². The second-order valence-electron chi connectivity index (χ2n) is 8.58. The minimum atomic E-state index is -0.562. The standard InChI is InChI=1S/C25H26FNO3S/c1-14(2)13-30-25(29)22-15(3)27-19-11-17(21-5-4-10-31-21)12-20(28)24(19)23(22)16-6-8-18(26)9-7-16/h4-10,14,17,23,27H,11-13H2,1-3H3/t17-,23+/m1/s1. The first-order valence-electron chi connectivity index (χ1n) is 10.5. The number of ether oxygens (including phenoxy) is 1. The van der Waals surface area contributed by atoms with Crippen LogP contribution in [0.2, 0.25) is 0 Å². The molecule has 2 heterocycles. The van der Waals surface area contributed by atoms with Crippen molar-refractivity contribution in [1.82, 2.24) is 5.32 Å². The van der Waals surface area contributed by atoms with E-state index in [1.165, 1.54) is 17.0 Å². The van der Waals surface area contributed by atoms with Crippen molar-refractivity contribution in [2.75, 3.05) is 6.61 Å². The lowest BCUT2D eigenvalue weighted by atomic mass is 9.72. The Morgan fingerprint density at radius 2 is 1.97 bits per heavy atom. The molecule has 4 rings (SSSR count). The van der Waals surface area contributed by atoms with Gasteiger partial charge in [-0.15, -0.1) is 11.3 Å². The first-order chi connectivity index (χ1) is 14.8. The topological polar surface area (TPSA) is 55.4 Å². The van der Waals surface area contributed by atoms with Gasteiger partial charge in [-0.2, -0.15) is 0 Å². The minimum absolute atomic E-state index is 0.0168. The van der Waals surface area contributed by atoms with E-state index in [1.807, 2.05) is 32.2 Å². The van der Waals surface area contributed by atoms with E-state index in [1.54, 1.807) is 23.5 Å². The highest BCUT2D eigenvalue weighted by Gasteiger charge is 2.41. The van der Waals surface area contributed by atoms with E-state index in [2.05, 4.69) is 11.4 Å². The van der Waals surface area contributed by atoms with E-state index in [0.717, 1.165) is 5.70 Å². The molecule has 1 N–H and O–H groups in total. The number of esters is 1. The van der Waals surface area contributed by atoms with E-state index in [-0.39, 0.29) is 23.4 Å². The number of carbonyl (C=O) groups excluding carboxylic acids is 2. The van der Waals surface area contributed by atoms with E-state index in [9.17, 15) is 14.0 Å². The van der Waals surface area contributed by atoms with Crippen LogP contribution in [0.25, 0.3) is 0 Å². The number of halogens is 1. The second-order valence-corrected chi connectivity index (χ2v) is 9.56. The summed E-state index contributed by atoms with van der Waals surface area (Å²) in [4.78, 5) is 27.6. The monoisotopic (exact) mass is 439 g/mol. The predicted molar refractivity (Wildman–Crippen MR) is 119 cm³/mol. The van der Waals surface area contributed by atoms with Crippen LogP contribution in [-0.2, 0) is 14.3 Å². The molecule has 0 bridgehead atoms. The Labute approximate surface area is 185 Å². The largest absolute Gasteiger partial charge is 0.462 e. The molecule has 0 saturated carbocycles. The lowest BCUT2D eigenvalue weighted by molar-refractivity contribution is -0.140. The molecule has 4 nitrogen and oxygen atoms in total. The lowest BCUT2D eigenvalue weighted by Crippen LogP contribution is -2.36. The SMILES string of the molecule is CC1=C(C(=O)OCC(C)C)[C@H](c2ccc(F)cc2)C2=C(C[C@@H](c3cccs3)CC2=O)N1. The van der Waals surface area contributed by atoms with Gasteiger partial charge in [0.1, 0.15) is 5.82 Å². The van der Waals surface area contributed by atoms with Gasteiger partial charge in [-0.3, -0.25) is 4.79 Å². The van der Waals surface area contributed by atoms with Crippen LogP contribution in [0, 0.1) is 11.7 Å². The fraction of sp³-hybridized carbons (Fsp3) is 0.360. The molecule has 2 aromatic rings. The van der Waals surface area contributed by atoms with Crippen LogP contribution in [0.3, 0.4) is 0 Å². The molecule has 0 amide bonds. The summed E-state index contributed by atoms with van der Waals surface area (Å²) in [6.07, 6.45) is 1.09. The van der Waals surface area contributed by atoms with Gasteiger partial charge >= 0.3 is 5.97 Å². The molecular formula is C25H26FNO3S. The third-order valence-electron chi connectivity index (χ3n) is 5.74. The summed E-state index contributed by atoms with van der Waals surface area (Å²) in [5.74, 6) is -1.02. The Morgan fingerprint density at radius 1 is 1.23 bits per heavy atom. The third-order valence-corrected chi connectivity index (χ3v) is 6.78. The lowest BCUT2D eigenvalue weighted by Gasteiger charge is -2.36. The highest BCUT2D eigenvalue weighted by atomic mass is 32.1. The van der Waals surface area contributed by atoms with Crippen LogP contribution in [0.15, 0.2) is 64.3 Å². The number of rotatable bonds is 5. The van der Waals surface area contributed by atoms with Gasteiger partial charge in [0.15, 0.2) is 5.78 Å². The summed E-state index contributed by atoms with van der Waals surface area (Å²) >= 11 is 1.65. The maximum absolute atomic E-state index is 13.6. The van der Waals surface area contributed by atoms with Crippen LogP contribution in [0.4, 0.5) is 4.39 Å². The van der Waals surface area contributed by atoms with E-state index >= 15 is 0 Å². The number of Topliss-reactive ketones (excluding diaryl/α,β-unsaturated/α-hetero) is 1. The van der Waals surface area contributed by atoms with Gasteiger partial charge in [-0.05, 0) is 48.4 Å². The Morgan fingerprint density at radius 3 is 2.61 bits per heavy atom. The number of nitrogens with one attached hydrogen (secondary N) is 1. The van der Waals surface area contributed by atoms with Crippen molar-refractivity contribution in [2.24, 2.45) is 5.92 Å². The highest BCUT2D eigenvalue weighted by Crippen LogP contribution is 2.46.